The molecule has 0 bridgehead atoms. The number of alkyl carbamates (subject to hydrolysis) is 1. The van der Waals surface area contributed by atoms with E-state index in [2.05, 4.69) is 22.8 Å². The largest absolute Gasteiger partial charge is 0.480 e. The lowest BCUT2D eigenvalue weighted by molar-refractivity contribution is -0.143. The summed E-state index contributed by atoms with van der Waals surface area (Å²) in [5, 5.41) is 14.8. The van der Waals surface area contributed by atoms with Gasteiger partial charge in [0, 0.05) is 5.92 Å². The Balaban J connectivity index is 1.41. The number of rotatable bonds is 10. The predicted molar refractivity (Wildman–Crippen MR) is 128 cm³/mol. The van der Waals surface area contributed by atoms with Crippen LogP contribution in [0.25, 0.3) is 11.1 Å². The molecule has 2 aromatic carbocycles. The van der Waals surface area contributed by atoms with E-state index in [0.29, 0.717) is 18.8 Å². The first-order valence-electron chi connectivity index (χ1n) is 12.0. The maximum absolute atomic E-state index is 12.9. The molecule has 180 valence electrons. The third-order valence-corrected chi connectivity index (χ3v) is 7.00. The molecule has 1 saturated carbocycles. The van der Waals surface area contributed by atoms with Crippen LogP contribution in [-0.4, -0.2) is 41.8 Å². The van der Waals surface area contributed by atoms with Gasteiger partial charge in [-0.25, -0.2) is 9.59 Å². The minimum Gasteiger partial charge on any atom is -0.480 e. The number of nitrogens with one attached hydrogen (secondary N) is 2. The highest BCUT2D eigenvalue weighted by Crippen LogP contribution is 2.44. The summed E-state index contributed by atoms with van der Waals surface area (Å²) in [6.07, 6.45) is 2.43. The molecule has 2 amide bonds. The van der Waals surface area contributed by atoms with Crippen molar-refractivity contribution in [2.45, 2.75) is 57.5 Å². The maximum Gasteiger partial charge on any atom is 0.407 e. The molecule has 0 aliphatic heterocycles. The van der Waals surface area contributed by atoms with Crippen LogP contribution in [0.3, 0.4) is 0 Å². The summed E-state index contributed by atoms with van der Waals surface area (Å²) in [7, 11) is 0. The molecule has 4 rings (SSSR count). The van der Waals surface area contributed by atoms with Crippen molar-refractivity contribution in [3.8, 4) is 11.1 Å². The first kappa shape index (κ1) is 23.8. The van der Waals surface area contributed by atoms with Crippen LogP contribution in [0.5, 0.6) is 0 Å². The number of ether oxygens (including phenoxy) is 1. The molecule has 7 nitrogen and oxygen atoms in total. The minimum atomic E-state index is -1.07. The molecular weight excluding hydrogens is 432 g/mol. The van der Waals surface area contributed by atoms with Crippen LogP contribution >= 0.6 is 0 Å². The molecule has 1 unspecified atom stereocenters. The van der Waals surface area contributed by atoms with Gasteiger partial charge in [-0.05, 0) is 40.5 Å². The van der Waals surface area contributed by atoms with Crippen LogP contribution in [0.15, 0.2) is 48.5 Å². The Kier molecular flexibility index (Phi) is 7.20. The predicted octanol–water partition coefficient (Wildman–Crippen LogP) is 4.31. The molecule has 1 fully saturated rings. The molecule has 7 heteroatoms. The van der Waals surface area contributed by atoms with Gasteiger partial charge in [-0.15, -0.1) is 0 Å². The third kappa shape index (κ3) is 5.24. The minimum absolute atomic E-state index is 0.0735. The number of carboxylic acid groups (broad SMARTS) is 1. The van der Waals surface area contributed by atoms with E-state index in [4.69, 9.17) is 4.74 Å². The third-order valence-electron chi connectivity index (χ3n) is 7.00. The second kappa shape index (κ2) is 10.3. The van der Waals surface area contributed by atoms with Gasteiger partial charge < -0.3 is 20.5 Å². The number of benzene rings is 2. The average Bonchev–Trinajstić information content (AvgIpc) is 3.60. The zero-order valence-corrected chi connectivity index (χ0v) is 19.6. The Hall–Kier alpha value is -3.35. The monoisotopic (exact) mass is 464 g/mol. The van der Waals surface area contributed by atoms with Crippen LogP contribution < -0.4 is 10.6 Å². The number of hydrogen-bond acceptors (Lipinski definition) is 4. The van der Waals surface area contributed by atoms with Crippen molar-refractivity contribution >= 4 is 18.0 Å². The van der Waals surface area contributed by atoms with E-state index in [9.17, 15) is 19.5 Å². The molecule has 0 aromatic heterocycles. The number of carboxylic acids is 1. The summed E-state index contributed by atoms with van der Waals surface area (Å²) < 4.78 is 5.60. The molecule has 0 spiro atoms. The normalized spacial score (nSPS) is 17.1. The molecule has 2 aliphatic rings. The highest BCUT2D eigenvalue weighted by molar-refractivity contribution is 5.89. The number of aliphatic carboxylic acids is 1. The van der Waals surface area contributed by atoms with Crippen molar-refractivity contribution in [3.05, 3.63) is 59.7 Å². The SMILES string of the molecule is CCC(C)[C@H](NC(=O)[C@H](CC1CC1)NC(=O)OCC1c2ccccc2-c2ccccc21)C(=O)O. The Bertz CT molecular complexity index is 1020. The summed E-state index contributed by atoms with van der Waals surface area (Å²) in [4.78, 5) is 37.3. The lowest BCUT2D eigenvalue weighted by atomic mass is 9.98. The Morgan fingerprint density at radius 2 is 1.59 bits per heavy atom. The number of amides is 2. The van der Waals surface area contributed by atoms with Crippen molar-refractivity contribution in [1.29, 1.82) is 0 Å². The topological polar surface area (TPSA) is 105 Å². The Labute approximate surface area is 199 Å². The molecule has 34 heavy (non-hydrogen) atoms. The van der Waals surface area contributed by atoms with Gasteiger partial charge in [0.25, 0.3) is 0 Å². The van der Waals surface area contributed by atoms with Gasteiger partial charge in [-0.2, -0.15) is 0 Å². The first-order valence-corrected chi connectivity index (χ1v) is 12.0. The highest BCUT2D eigenvalue weighted by Gasteiger charge is 2.35. The van der Waals surface area contributed by atoms with Gasteiger partial charge in [-0.1, -0.05) is 81.6 Å². The number of carbonyl (C=O) groups excluding carboxylic acids is 2. The van der Waals surface area contributed by atoms with Gasteiger partial charge >= 0.3 is 12.1 Å². The molecular formula is C27H32N2O5. The number of hydrogen-bond donors (Lipinski definition) is 3. The van der Waals surface area contributed by atoms with E-state index < -0.39 is 30.1 Å². The van der Waals surface area contributed by atoms with Crippen LogP contribution in [0.4, 0.5) is 4.79 Å². The van der Waals surface area contributed by atoms with Gasteiger partial charge in [0.2, 0.25) is 5.91 Å². The van der Waals surface area contributed by atoms with Gasteiger partial charge in [0.1, 0.15) is 18.7 Å². The molecule has 0 heterocycles. The fourth-order valence-electron chi connectivity index (χ4n) is 4.64. The van der Waals surface area contributed by atoms with Gasteiger partial charge in [-0.3, -0.25) is 4.79 Å². The standard InChI is InChI=1S/C27H32N2O5/c1-3-16(2)24(26(31)32)29-25(30)23(14-17-12-13-17)28-27(33)34-15-22-20-10-6-4-8-18(20)19-9-5-7-11-21(19)22/h4-11,16-17,22-24H,3,12-15H2,1-2H3,(H,28,33)(H,29,30)(H,31,32)/t16?,23-,24-/m0/s1. The van der Waals surface area contributed by atoms with Crippen LogP contribution in [0.2, 0.25) is 0 Å². The lowest BCUT2D eigenvalue weighted by Crippen LogP contribution is -2.53. The van der Waals surface area contributed by atoms with Crippen LogP contribution in [0, 0.1) is 11.8 Å². The summed E-state index contributed by atoms with van der Waals surface area (Å²) in [5.74, 6) is -1.49. The van der Waals surface area contributed by atoms with Gasteiger partial charge in [0.05, 0.1) is 0 Å². The summed E-state index contributed by atoms with van der Waals surface area (Å²) in [5.41, 5.74) is 4.51. The molecule has 0 radical (unpaired) electrons. The zero-order valence-electron chi connectivity index (χ0n) is 19.6. The lowest BCUT2D eigenvalue weighted by Gasteiger charge is -2.24. The molecule has 0 saturated heterocycles. The highest BCUT2D eigenvalue weighted by atomic mass is 16.5. The summed E-state index contributed by atoms with van der Waals surface area (Å²) in [6, 6.07) is 14.4. The van der Waals surface area contributed by atoms with Crippen molar-refractivity contribution in [2.75, 3.05) is 6.61 Å². The average molecular weight is 465 g/mol. The smallest absolute Gasteiger partial charge is 0.407 e. The van der Waals surface area contributed by atoms with E-state index in [-0.39, 0.29) is 18.4 Å². The first-order chi connectivity index (χ1) is 16.4. The number of fused-ring (bicyclic) bond motifs is 3. The summed E-state index contributed by atoms with van der Waals surface area (Å²) in [6.45, 7) is 3.82. The number of carbonyl (C=O) groups is 3. The van der Waals surface area contributed by atoms with E-state index in [1.54, 1.807) is 6.92 Å². The molecule has 3 N–H and O–H groups in total. The van der Waals surface area contributed by atoms with Crippen molar-refractivity contribution in [1.82, 2.24) is 10.6 Å². The second-order valence-electron chi connectivity index (χ2n) is 9.41. The Morgan fingerprint density at radius 1 is 1.00 bits per heavy atom. The van der Waals surface area contributed by atoms with Crippen LogP contribution in [-0.2, 0) is 14.3 Å². The Morgan fingerprint density at radius 3 is 2.12 bits per heavy atom. The molecule has 3 atom stereocenters. The maximum atomic E-state index is 12.9. The van der Waals surface area contributed by atoms with E-state index in [0.717, 1.165) is 35.1 Å². The zero-order chi connectivity index (χ0) is 24.2. The van der Waals surface area contributed by atoms with Crippen molar-refractivity contribution < 1.29 is 24.2 Å². The fourth-order valence-corrected chi connectivity index (χ4v) is 4.64. The van der Waals surface area contributed by atoms with Crippen LogP contribution in [0.1, 0.15) is 56.6 Å². The van der Waals surface area contributed by atoms with E-state index >= 15 is 0 Å². The van der Waals surface area contributed by atoms with E-state index in [1.807, 2.05) is 43.3 Å². The van der Waals surface area contributed by atoms with E-state index in [1.165, 1.54) is 0 Å². The quantitative estimate of drug-likeness (QED) is 0.486. The van der Waals surface area contributed by atoms with Gasteiger partial charge in [0.15, 0.2) is 0 Å². The fraction of sp³-hybridized carbons (Fsp3) is 0.444. The molecule has 2 aromatic rings. The van der Waals surface area contributed by atoms with Crippen molar-refractivity contribution in [3.63, 3.8) is 0 Å². The summed E-state index contributed by atoms with van der Waals surface area (Å²) >= 11 is 0. The molecule has 2 aliphatic carbocycles. The second-order valence-corrected chi connectivity index (χ2v) is 9.41. The van der Waals surface area contributed by atoms with Crippen molar-refractivity contribution in [2.24, 2.45) is 11.8 Å².